The van der Waals surface area contributed by atoms with Crippen LogP contribution in [0.15, 0.2) is 58.7 Å². The minimum absolute atomic E-state index is 0.0122. The zero-order valence-electron chi connectivity index (χ0n) is 21.7. The third-order valence-electron chi connectivity index (χ3n) is 5.57. The van der Waals surface area contributed by atoms with Gasteiger partial charge in [0.05, 0.1) is 46.2 Å². The van der Waals surface area contributed by atoms with Crippen molar-refractivity contribution >= 4 is 5.97 Å². The second-order valence-electron chi connectivity index (χ2n) is 9.15. The maximum atomic E-state index is 11.9. The molecule has 34 heavy (non-hydrogen) atoms. The van der Waals surface area contributed by atoms with Crippen LogP contribution < -0.4 is 0 Å². The Bertz CT molecular complexity index is 755. The first-order valence-corrected chi connectivity index (χ1v) is 12.2. The second kappa shape index (κ2) is 17.4. The minimum Gasteiger partial charge on any atom is -0.460 e. The van der Waals surface area contributed by atoms with Crippen LogP contribution in [0.3, 0.4) is 0 Å². The van der Waals surface area contributed by atoms with Gasteiger partial charge >= 0.3 is 5.97 Å². The number of hydrogen-bond donors (Lipinski definition) is 1. The van der Waals surface area contributed by atoms with E-state index in [1.807, 2.05) is 25.2 Å². The van der Waals surface area contributed by atoms with Crippen molar-refractivity contribution in [2.24, 2.45) is 5.41 Å². The lowest BCUT2D eigenvalue weighted by Gasteiger charge is -2.32. The molecule has 0 fully saturated rings. The van der Waals surface area contributed by atoms with Gasteiger partial charge in [-0.1, -0.05) is 55.4 Å². The summed E-state index contributed by atoms with van der Waals surface area (Å²) in [6.45, 7) is 13.4. The monoisotopic (exact) mass is 476 g/mol. The van der Waals surface area contributed by atoms with E-state index >= 15 is 0 Å². The Labute approximate surface area is 206 Å². The van der Waals surface area contributed by atoms with Crippen LogP contribution in [-0.4, -0.2) is 63.9 Å². The molecule has 6 nitrogen and oxygen atoms in total. The highest BCUT2D eigenvalue weighted by molar-refractivity contribution is 5.83. The number of carbonyl (C=O) groups excluding carboxylic acids is 1. The van der Waals surface area contributed by atoms with E-state index in [4.69, 9.17) is 24.1 Å². The van der Waals surface area contributed by atoms with Gasteiger partial charge < -0.3 is 24.1 Å². The maximum Gasteiger partial charge on any atom is 0.331 e. The van der Waals surface area contributed by atoms with Gasteiger partial charge in [-0.2, -0.15) is 0 Å². The Morgan fingerprint density at radius 3 is 2.18 bits per heavy atom. The van der Waals surface area contributed by atoms with E-state index in [2.05, 4.69) is 39.8 Å². The molecule has 0 bridgehead atoms. The molecule has 1 rings (SSSR count). The Hall–Kier alpha value is -1.99. The molecule has 6 heteroatoms. The molecule has 1 N–H and O–H groups in total. The van der Waals surface area contributed by atoms with Crippen LogP contribution in [0.25, 0.3) is 0 Å². The van der Waals surface area contributed by atoms with Gasteiger partial charge in [-0.15, -0.1) is 0 Å². The van der Waals surface area contributed by atoms with Crippen LogP contribution in [0.2, 0.25) is 0 Å². The fourth-order valence-corrected chi connectivity index (χ4v) is 3.72. The maximum absolute atomic E-state index is 11.9. The molecule has 0 amide bonds. The Morgan fingerprint density at radius 2 is 1.56 bits per heavy atom. The topological polar surface area (TPSA) is 74.2 Å². The summed E-state index contributed by atoms with van der Waals surface area (Å²) in [7, 11) is 0. The largest absolute Gasteiger partial charge is 0.460 e. The highest BCUT2D eigenvalue weighted by Gasteiger charge is 2.26. The molecule has 192 valence electrons. The van der Waals surface area contributed by atoms with Crippen molar-refractivity contribution in [3.8, 4) is 0 Å². The number of carbonyl (C=O) groups is 1. The van der Waals surface area contributed by atoms with E-state index in [1.54, 1.807) is 0 Å². The molecule has 0 saturated carbocycles. The molecule has 0 aromatic heterocycles. The lowest BCUT2D eigenvalue weighted by molar-refractivity contribution is -0.139. The van der Waals surface area contributed by atoms with Crippen LogP contribution in [0.4, 0.5) is 0 Å². The summed E-state index contributed by atoms with van der Waals surface area (Å²) in [4.78, 5) is 11.9. The average molecular weight is 477 g/mol. The van der Waals surface area contributed by atoms with Crippen LogP contribution in [0.1, 0.15) is 53.9 Å². The van der Waals surface area contributed by atoms with E-state index < -0.39 is 0 Å². The lowest BCUT2D eigenvalue weighted by atomic mass is 9.72. The molecular formula is C28H44O6. The lowest BCUT2D eigenvalue weighted by Crippen LogP contribution is -2.19. The van der Waals surface area contributed by atoms with Crippen molar-refractivity contribution in [2.45, 2.75) is 53.9 Å². The number of aliphatic hydroxyl groups excluding tert-OH is 1. The Kier molecular flexibility index (Phi) is 15.4. The van der Waals surface area contributed by atoms with Crippen molar-refractivity contribution in [1.29, 1.82) is 0 Å². The van der Waals surface area contributed by atoms with Crippen LogP contribution in [0, 0.1) is 5.41 Å². The fourth-order valence-electron chi connectivity index (χ4n) is 3.72. The number of aliphatic hydroxyl groups is 1. The summed E-state index contributed by atoms with van der Waals surface area (Å²) in [5.74, 6) is -0.384. The standard InChI is InChI=1S/C28H44O6/c1-23(11-12-26-25(3)10-7-13-28(26,4)5)8-6-9-24(2)22-27(30)34-21-20-33-19-18-32-17-16-31-15-14-29/h6,8-9,11-12,22,29H,7,10,13-21H2,1-5H3. The fraction of sp³-hybridized carbons (Fsp3) is 0.607. The van der Waals surface area contributed by atoms with Gasteiger partial charge in [-0.3, -0.25) is 0 Å². The first kappa shape index (κ1) is 30.0. The number of esters is 1. The van der Waals surface area contributed by atoms with Gasteiger partial charge in [0.25, 0.3) is 0 Å². The number of allylic oxidation sites excluding steroid dienone is 9. The molecule has 0 aromatic carbocycles. The van der Waals surface area contributed by atoms with Gasteiger partial charge in [0, 0.05) is 6.08 Å². The minimum atomic E-state index is -0.384. The molecule has 0 radical (unpaired) electrons. The smallest absolute Gasteiger partial charge is 0.331 e. The van der Waals surface area contributed by atoms with Gasteiger partial charge in [0.2, 0.25) is 0 Å². The number of ether oxygens (including phenoxy) is 4. The third-order valence-corrected chi connectivity index (χ3v) is 5.57. The predicted molar refractivity (Wildman–Crippen MR) is 137 cm³/mol. The van der Waals surface area contributed by atoms with Crippen LogP contribution in [-0.2, 0) is 23.7 Å². The van der Waals surface area contributed by atoms with E-state index in [1.165, 1.54) is 36.5 Å². The molecule has 0 atom stereocenters. The average Bonchev–Trinajstić information content (AvgIpc) is 2.76. The molecule has 0 spiro atoms. The molecule has 0 unspecified atom stereocenters. The summed E-state index contributed by atoms with van der Waals surface area (Å²) >= 11 is 0. The summed E-state index contributed by atoms with van der Waals surface area (Å²) < 4.78 is 20.9. The Morgan fingerprint density at radius 1 is 0.941 bits per heavy atom. The van der Waals surface area contributed by atoms with Gasteiger partial charge in [-0.05, 0) is 56.6 Å². The summed E-state index contributed by atoms with van der Waals surface area (Å²) in [6.07, 6.45) is 15.5. The van der Waals surface area contributed by atoms with Crippen molar-refractivity contribution in [2.75, 3.05) is 52.9 Å². The zero-order chi connectivity index (χ0) is 25.2. The predicted octanol–water partition coefficient (Wildman–Crippen LogP) is 5.10. The van der Waals surface area contributed by atoms with Crippen LogP contribution >= 0.6 is 0 Å². The molecule has 0 aromatic rings. The van der Waals surface area contributed by atoms with E-state index in [-0.39, 0.29) is 24.6 Å². The first-order valence-electron chi connectivity index (χ1n) is 12.2. The highest BCUT2D eigenvalue weighted by atomic mass is 16.6. The van der Waals surface area contributed by atoms with Gasteiger partial charge in [0.15, 0.2) is 0 Å². The molecule has 1 aliphatic carbocycles. The van der Waals surface area contributed by atoms with Crippen molar-refractivity contribution in [3.63, 3.8) is 0 Å². The Balaban J connectivity index is 2.27. The number of rotatable bonds is 16. The van der Waals surface area contributed by atoms with Crippen molar-refractivity contribution in [1.82, 2.24) is 0 Å². The van der Waals surface area contributed by atoms with E-state index in [0.29, 0.717) is 39.6 Å². The molecule has 0 saturated heterocycles. The normalized spacial score (nSPS) is 17.2. The van der Waals surface area contributed by atoms with Crippen LogP contribution in [0.5, 0.6) is 0 Å². The van der Waals surface area contributed by atoms with E-state index in [0.717, 1.165) is 11.1 Å². The summed E-state index contributed by atoms with van der Waals surface area (Å²) in [6, 6.07) is 0. The molecule has 0 heterocycles. The van der Waals surface area contributed by atoms with E-state index in [9.17, 15) is 4.79 Å². The third kappa shape index (κ3) is 13.7. The molecular weight excluding hydrogens is 432 g/mol. The first-order chi connectivity index (χ1) is 16.3. The van der Waals surface area contributed by atoms with Gasteiger partial charge in [-0.25, -0.2) is 4.79 Å². The zero-order valence-corrected chi connectivity index (χ0v) is 21.7. The van der Waals surface area contributed by atoms with Crippen molar-refractivity contribution in [3.05, 3.63) is 58.7 Å². The summed E-state index contributed by atoms with van der Waals surface area (Å²) in [5.41, 5.74) is 5.17. The highest BCUT2D eigenvalue weighted by Crippen LogP contribution is 2.40. The van der Waals surface area contributed by atoms with Crippen molar-refractivity contribution < 1.29 is 28.8 Å². The quantitative estimate of drug-likeness (QED) is 0.145. The number of hydrogen-bond acceptors (Lipinski definition) is 6. The summed E-state index contributed by atoms with van der Waals surface area (Å²) in [5, 5.41) is 8.58. The molecule has 0 aliphatic heterocycles. The van der Waals surface area contributed by atoms with Gasteiger partial charge in [0.1, 0.15) is 6.61 Å². The SMILES string of the molecule is CC(C=CC1=C(C)CCCC1(C)C)=CC=CC(C)=CC(=O)OCCOCCOCCOCCO. The molecule has 1 aliphatic rings. The second-order valence-corrected chi connectivity index (χ2v) is 9.15.